The molecular formula is C10H14ClN3. The maximum Gasteiger partial charge on any atom is 0.134 e. The van der Waals surface area contributed by atoms with E-state index in [0.29, 0.717) is 10.6 Å². The quantitative estimate of drug-likeness (QED) is 0.781. The number of halogens is 1. The summed E-state index contributed by atoms with van der Waals surface area (Å²) in [5.74, 6) is 1.57. The van der Waals surface area contributed by atoms with E-state index in [2.05, 4.69) is 29.1 Å². The molecule has 1 fully saturated rings. The van der Waals surface area contributed by atoms with Crippen molar-refractivity contribution in [3.8, 4) is 0 Å². The molecule has 0 aliphatic heterocycles. The number of hydrogen-bond acceptors (Lipinski definition) is 3. The highest BCUT2D eigenvalue weighted by molar-refractivity contribution is 6.29. The van der Waals surface area contributed by atoms with Crippen molar-refractivity contribution in [2.24, 2.45) is 11.3 Å². The third-order valence-corrected chi connectivity index (χ3v) is 3.09. The van der Waals surface area contributed by atoms with Crippen LogP contribution in [0.4, 0.5) is 5.82 Å². The normalized spacial score (nSPS) is 23.2. The predicted molar refractivity (Wildman–Crippen MR) is 57.4 cm³/mol. The van der Waals surface area contributed by atoms with Crippen LogP contribution in [0.2, 0.25) is 5.15 Å². The fraction of sp³-hybridized carbons (Fsp3) is 0.600. The molecule has 0 saturated heterocycles. The van der Waals surface area contributed by atoms with Crippen LogP contribution in [0, 0.1) is 11.3 Å². The third kappa shape index (κ3) is 2.15. The highest BCUT2D eigenvalue weighted by atomic mass is 35.5. The van der Waals surface area contributed by atoms with Gasteiger partial charge in [0, 0.05) is 12.6 Å². The molecule has 1 aromatic rings. The van der Waals surface area contributed by atoms with Gasteiger partial charge in [-0.05, 0) is 17.8 Å². The zero-order chi connectivity index (χ0) is 10.2. The van der Waals surface area contributed by atoms with Crippen molar-refractivity contribution in [2.75, 3.05) is 11.9 Å². The Bertz CT molecular complexity index is 338. The second-order valence-corrected chi connectivity index (χ2v) is 4.88. The molecule has 3 nitrogen and oxygen atoms in total. The van der Waals surface area contributed by atoms with Crippen LogP contribution in [0.1, 0.15) is 20.3 Å². The predicted octanol–water partition coefficient (Wildman–Crippen LogP) is 2.59. The van der Waals surface area contributed by atoms with Gasteiger partial charge in [0.15, 0.2) is 0 Å². The topological polar surface area (TPSA) is 37.8 Å². The van der Waals surface area contributed by atoms with Crippen molar-refractivity contribution in [1.29, 1.82) is 0 Å². The minimum absolute atomic E-state index is 0.484. The summed E-state index contributed by atoms with van der Waals surface area (Å²) >= 11 is 5.74. The number of anilines is 1. The molecule has 0 bridgehead atoms. The van der Waals surface area contributed by atoms with E-state index in [1.54, 1.807) is 6.07 Å². The molecule has 1 aliphatic rings. The van der Waals surface area contributed by atoms with Gasteiger partial charge in [0.05, 0.1) is 0 Å². The van der Waals surface area contributed by atoms with E-state index in [1.807, 2.05) is 0 Å². The number of nitrogens with one attached hydrogen (secondary N) is 1. The average Bonchev–Trinajstić information content (AvgIpc) is 2.71. The summed E-state index contributed by atoms with van der Waals surface area (Å²) in [6.07, 6.45) is 2.77. The molecule has 1 unspecified atom stereocenters. The van der Waals surface area contributed by atoms with Crippen molar-refractivity contribution in [3.05, 3.63) is 17.5 Å². The Hall–Kier alpha value is -0.830. The van der Waals surface area contributed by atoms with Crippen molar-refractivity contribution in [1.82, 2.24) is 9.97 Å². The Balaban J connectivity index is 1.87. The van der Waals surface area contributed by atoms with Gasteiger partial charge in [0.1, 0.15) is 17.3 Å². The lowest BCUT2D eigenvalue weighted by Crippen LogP contribution is -2.08. The van der Waals surface area contributed by atoms with Gasteiger partial charge in [-0.15, -0.1) is 0 Å². The molecule has 0 amide bonds. The molecule has 1 saturated carbocycles. The smallest absolute Gasteiger partial charge is 0.134 e. The van der Waals surface area contributed by atoms with Crippen LogP contribution >= 0.6 is 11.6 Å². The van der Waals surface area contributed by atoms with E-state index in [1.165, 1.54) is 12.7 Å². The molecule has 1 N–H and O–H groups in total. The Morgan fingerprint density at radius 1 is 1.57 bits per heavy atom. The maximum absolute atomic E-state index is 5.74. The average molecular weight is 212 g/mol. The van der Waals surface area contributed by atoms with E-state index in [-0.39, 0.29) is 0 Å². The molecule has 4 heteroatoms. The van der Waals surface area contributed by atoms with Gasteiger partial charge in [-0.2, -0.15) is 0 Å². The van der Waals surface area contributed by atoms with Crippen LogP contribution in [-0.4, -0.2) is 16.5 Å². The summed E-state index contributed by atoms with van der Waals surface area (Å²) < 4.78 is 0. The van der Waals surface area contributed by atoms with Crippen molar-refractivity contribution >= 4 is 17.4 Å². The van der Waals surface area contributed by atoms with Gasteiger partial charge in [-0.3, -0.25) is 0 Å². The van der Waals surface area contributed by atoms with Gasteiger partial charge >= 0.3 is 0 Å². The van der Waals surface area contributed by atoms with Gasteiger partial charge < -0.3 is 5.32 Å². The molecule has 0 radical (unpaired) electrons. The molecule has 0 spiro atoms. The first-order chi connectivity index (χ1) is 6.58. The van der Waals surface area contributed by atoms with Crippen LogP contribution < -0.4 is 5.32 Å². The van der Waals surface area contributed by atoms with Crippen molar-refractivity contribution in [2.45, 2.75) is 20.3 Å². The van der Waals surface area contributed by atoms with E-state index >= 15 is 0 Å². The minimum Gasteiger partial charge on any atom is -0.370 e. The number of rotatable bonds is 3. The van der Waals surface area contributed by atoms with Crippen molar-refractivity contribution < 1.29 is 0 Å². The molecule has 1 heterocycles. The van der Waals surface area contributed by atoms with E-state index in [0.717, 1.165) is 18.3 Å². The Labute approximate surface area is 88.9 Å². The van der Waals surface area contributed by atoms with Gasteiger partial charge in [0.2, 0.25) is 0 Å². The van der Waals surface area contributed by atoms with E-state index in [4.69, 9.17) is 11.6 Å². The number of aromatic nitrogens is 2. The van der Waals surface area contributed by atoms with Crippen LogP contribution in [0.5, 0.6) is 0 Å². The Morgan fingerprint density at radius 2 is 2.29 bits per heavy atom. The Morgan fingerprint density at radius 3 is 2.86 bits per heavy atom. The highest BCUT2D eigenvalue weighted by Crippen LogP contribution is 2.51. The monoisotopic (exact) mass is 211 g/mol. The lowest BCUT2D eigenvalue weighted by molar-refractivity contribution is 0.573. The summed E-state index contributed by atoms with van der Waals surface area (Å²) in [5, 5.41) is 3.75. The van der Waals surface area contributed by atoms with E-state index < -0.39 is 0 Å². The van der Waals surface area contributed by atoms with Crippen LogP contribution in [0.3, 0.4) is 0 Å². The SMILES string of the molecule is CC1(C)CC1CNc1cc(Cl)ncn1. The summed E-state index contributed by atoms with van der Waals surface area (Å²) in [7, 11) is 0. The summed E-state index contributed by atoms with van der Waals surface area (Å²) in [4.78, 5) is 7.91. The lowest BCUT2D eigenvalue weighted by atomic mass is 10.1. The first-order valence-corrected chi connectivity index (χ1v) is 5.17. The molecule has 14 heavy (non-hydrogen) atoms. The molecule has 76 valence electrons. The van der Waals surface area contributed by atoms with Crippen LogP contribution in [-0.2, 0) is 0 Å². The second kappa shape index (κ2) is 3.39. The van der Waals surface area contributed by atoms with E-state index in [9.17, 15) is 0 Å². The third-order valence-electron chi connectivity index (χ3n) is 2.88. The van der Waals surface area contributed by atoms with Gasteiger partial charge in [-0.1, -0.05) is 25.4 Å². The van der Waals surface area contributed by atoms with Crippen LogP contribution in [0.25, 0.3) is 0 Å². The largest absolute Gasteiger partial charge is 0.370 e. The Kier molecular flexibility index (Phi) is 2.35. The fourth-order valence-electron chi connectivity index (χ4n) is 1.58. The fourth-order valence-corrected chi connectivity index (χ4v) is 1.73. The standard InChI is InChI=1S/C10H14ClN3/c1-10(2)4-7(10)5-12-9-3-8(11)13-6-14-9/h3,6-7H,4-5H2,1-2H3,(H,12,13,14). The molecule has 1 atom stereocenters. The molecule has 2 rings (SSSR count). The zero-order valence-electron chi connectivity index (χ0n) is 8.42. The molecule has 1 aromatic heterocycles. The zero-order valence-corrected chi connectivity index (χ0v) is 9.17. The van der Waals surface area contributed by atoms with Crippen molar-refractivity contribution in [3.63, 3.8) is 0 Å². The summed E-state index contributed by atoms with van der Waals surface area (Å²) in [5.41, 5.74) is 0.504. The second-order valence-electron chi connectivity index (χ2n) is 4.50. The number of nitrogens with zero attached hydrogens (tertiary/aromatic N) is 2. The molecule has 1 aliphatic carbocycles. The van der Waals surface area contributed by atoms with Gasteiger partial charge in [0.25, 0.3) is 0 Å². The number of hydrogen-bond donors (Lipinski definition) is 1. The lowest BCUT2D eigenvalue weighted by Gasteiger charge is -2.06. The first-order valence-electron chi connectivity index (χ1n) is 4.79. The maximum atomic E-state index is 5.74. The minimum atomic E-state index is 0.484. The van der Waals surface area contributed by atoms with Crippen LogP contribution in [0.15, 0.2) is 12.4 Å². The summed E-state index contributed by atoms with van der Waals surface area (Å²) in [6.45, 7) is 5.54. The summed E-state index contributed by atoms with van der Waals surface area (Å²) in [6, 6.07) is 1.75. The molecule has 0 aromatic carbocycles. The highest BCUT2D eigenvalue weighted by Gasteiger charge is 2.44. The first kappa shape index (κ1) is 9.71. The molecular weight excluding hydrogens is 198 g/mol. The van der Waals surface area contributed by atoms with Gasteiger partial charge in [-0.25, -0.2) is 9.97 Å².